The lowest BCUT2D eigenvalue weighted by Gasteiger charge is -2.03. The molecule has 0 fully saturated rings. The van der Waals surface area contributed by atoms with Gasteiger partial charge in [-0.15, -0.1) is 0 Å². The van der Waals surface area contributed by atoms with Crippen molar-refractivity contribution in [1.29, 1.82) is 0 Å². The summed E-state index contributed by atoms with van der Waals surface area (Å²) in [5, 5.41) is 4.85. The fourth-order valence-electron chi connectivity index (χ4n) is 1.82. The van der Waals surface area contributed by atoms with Gasteiger partial charge in [-0.25, -0.2) is 9.48 Å². The minimum absolute atomic E-state index is 0.281. The number of nitrogens with one attached hydrogen (secondary N) is 1. The Morgan fingerprint density at radius 1 is 1.28 bits per heavy atom. The van der Waals surface area contributed by atoms with E-state index in [4.69, 9.17) is 5.73 Å². The number of anilines is 1. The van der Waals surface area contributed by atoms with Crippen LogP contribution in [-0.4, -0.2) is 19.7 Å². The molecule has 3 rings (SSSR count). The van der Waals surface area contributed by atoms with E-state index in [1.165, 1.54) is 0 Å². The number of aromatic amines is 1. The van der Waals surface area contributed by atoms with E-state index >= 15 is 0 Å². The van der Waals surface area contributed by atoms with Gasteiger partial charge in [0.05, 0.1) is 17.3 Å². The van der Waals surface area contributed by atoms with Crippen molar-refractivity contribution >= 4 is 16.9 Å². The molecule has 0 atom stereocenters. The summed E-state index contributed by atoms with van der Waals surface area (Å²) >= 11 is 0. The fraction of sp³-hybridized carbons (Fsp3) is 0.0833. The molecule has 2 heterocycles. The minimum Gasteiger partial charge on any atom is -0.384 e. The van der Waals surface area contributed by atoms with Crippen molar-refractivity contribution in [3.8, 4) is 5.69 Å². The lowest BCUT2D eigenvalue weighted by atomic mass is 10.2. The van der Waals surface area contributed by atoms with Crippen molar-refractivity contribution in [3.63, 3.8) is 0 Å². The molecule has 0 aliphatic heterocycles. The third-order valence-corrected chi connectivity index (χ3v) is 2.76. The average molecular weight is 241 g/mol. The van der Waals surface area contributed by atoms with Gasteiger partial charge >= 0.3 is 5.69 Å². The average Bonchev–Trinajstić information content (AvgIpc) is 2.74. The molecule has 2 aromatic heterocycles. The lowest BCUT2D eigenvalue weighted by molar-refractivity contribution is 0.890. The molecule has 3 N–H and O–H groups in total. The Balaban J connectivity index is 2.30. The first-order chi connectivity index (χ1) is 8.65. The molecule has 0 amide bonds. The summed E-state index contributed by atoms with van der Waals surface area (Å²) in [4.78, 5) is 17.7. The van der Waals surface area contributed by atoms with Crippen molar-refractivity contribution in [2.45, 2.75) is 6.92 Å². The van der Waals surface area contributed by atoms with E-state index in [1.807, 2.05) is 31.2 Å². The van der Waals surface area contributed by atoms with Crippen molar-refractivity contribution in [2.24, 2.45) is 0 Å². The number of rotatable bonds is 1. The van der Waals surface area contributed by atoms with Gasteiger partial charge in [0.25, 0.3) is 0 Å². The van der Waals surface area contributed by atoms with Crippen LogP contribution in [0.1, 0.15) is 5.56 Å². The Bertz CT molecular complexity index is 769. The van der Waals surface area contributed by atoms with Gasteiger partial charge in [0.15, 0.2) is 5.65 Å². The highest BCUT2D eigenvalue weighted by Gasteiger charge is 2.09. The zero-order chi connectivity index (χ0) is 12.7. The number of fused-ring (bicyclic) bond motifs is 1. The number of hydrogen-bond acceptors (Lipinski definition) is 4. The second-order valence-corrected chi connectivity index (χ2v) is 4.08. The van der Waals surface area contributed by atoms with Gasteiger partial charge in [0.2, 0.25) is 0 Å². The number of H-pyrrole nitrogens is 1. The first-order valence-corrected chi connectivity index (χ1v) is 5.46. The van der Waals surface area contributed by atoms with Crippen molar-refractivity contribution in [2.75, 3.05) is 5.73 Å². The SMILES string of the molecule is Cc1ccc(-n2ncc3c(N)[nH]c(=O)nc32)cc1. The first kappa shape index (κ1) is 10.5. The van der Waals surface area contributed by atoms with Gasteiger partial charge in [0.1, 0.15) is 5.82 Å². The molecular formula is C12H11N5O. The quantitative estimate of drug-likeness (QED) is 0.665. The zero-order valence-corrected chi connectivity index (χ0v) is 9.71. The summed E-state index contributed by atoms with van der Waals surface area (Å²) in [7, 11) is 0. The maximum Gasteiger partial charge on any atom is 0.348 e. The van der Waals surface area contributed by atoms with Crippen LogP contribution >= 0.6 is 0 Å². The molecule has 0 radical (unpaired) electrons. The number of nitrogens with two attached hydrogens (primary N) is 1. The molecule has 0 bridgehead atoms. The molecule has 6 nitrogen and oxygen atoms in total. The molecule has 18 heavy (non-hydrogen) atoms. The summed E-state index contributed by atoms with van der Waals surface area (Å²) in [6.07, 6.45) is 1.59. The largest absolute Gasteiger partial charge is 0.384 e. The number of nitrogens with zero attached hydrogens (tertiary/aromatic N) is 3. The van der Waals surface area contributed by atoms with E-state index in [0.29, 0.717) is 11.0 Å². The smallest absolute Gasteiger partial charge is 0.348 e. The Morgan fingerprint density at radius 3 is 2.72 bits per heavy atom. The third kappa shape index (κ3) is 1.55. The Kier molecular flexibility index (Phi) is 2.16. The van der Waals surface area contributed by atoms with Crippen molar-refractivity contribution < 1.29 is 0 Å². The second kappa shape index (κ2) is 3.69. The first-order valence-electron chi connectivity index (χ1n) is 5.46. The monoisotopic (exact) mass is 241 g/mol. The normalized spacial score (nSPS) is 10.9. The van der Waals surface area contributed by atoms with Crippen LogP contribution in [0.25, 0.3) is 16.7 Å². The molecule has 0 aliphatic carbocycles. The number of nitrogen functional groups attached to an aromatic ring is 1. The standard InChI is InChI=1S/C12H11N5O/c1-7-2-4-8(5-3-7)17-11-9(6-14-17)10(13)15-12(18)16-11/h2-6H,1H3,(H3,13,15,16,18). The Labute approximate surface area is 102 Å². The fourth-order valence-corrected chi connectivity index (χ4v) is 1.82. The highest BCUT2D eigenvalue weighted by Crippen LogP contribution is 2.18. The molecule has 0 spiro atoms. The number of aromatic nitrogens is 4. The lowest BCUT2D eigenvalue weighted by Crippen LogP contribution is -2.13. The van der Waals surface area contributed by atoms with E-state index in [9.17, 15) is 4.79 Å². The predicted octanol–water partition coefficient (Wildman–Crippen LogP) is 0.999. The van der Waals surface area contributed by atoms with E-state index in [1.54, 1.807) is 10.9 Å². The summed E-state index contributed by atoms with van der Waals surface area (Å²) in [6, 6.07) is 7.78. The minimum atomic E-state index is -0.478. The maximum absolute atomic E-state index is 11.4. The molecule has 0 saturated carbocycles. The van der Waals surface area contributed by atoms with Crippen molar-refractivity contribution in [1.82, 2.24) is 19.7 Å². The van der Waals surface area contributed by atoms with Crippen LogP contribution in [0.15, 0.2) is 35.3 Å². The molecule has 6 heteroatoms. The van der Waals surface area contributed by atoms with Crippen LogP contribution in [0, 0.1) is 6.92 Å². The Morgan fingerprint density at radius 2 is 2.00 bits per heavy atom. The molecular weight excluding hydrogens is 230 g/mol. The predicted molar refractivity (Wildman–Crippen MR) is 68.6 cm³/mol. The van der Waals surface area contributed by atoms with Crippen LogP contribution in [-0.2, 0) is 0 Å². The summed E-state index contributed by atoms with van der Waals surface area (Å²) < 4.78 is 1.60. The molecule has 3 aromatic rings. The highest BCUT2D eigenvalue weighted by molar-refractivity contribution is 5.85. The molecule has 1 aromatic carbocycles. The van der Waals surface area contributed by atoms with E-state index in [2.05, 4.69) is 15.1 Å². The molecule has 0 saturated heterocycles. The van der Waals surface area contributed by atoms with Gasteiger partial charge in [-0.3, -0.25) is 4.98 Å². The van der Waals surface area contributed by atoms with E-state index in [-0.39, 0.29) is 5.82 Å². The zero-order valence-electron chi connectivity index (χ0n) is 9.71. The van der Waals surface area contributed by atoms with Crippen LogP contribution in [0.2, 0.25) is 0 Å². The number of benzene rings is 1. The Hall–Kier alpha value is -2.63. The van der Waals surface area contributed by atoms with Gasteiger partial charge in [-0.1, -0.05) is 17.7 Å². The third-order valence-electron chi connectivity index (χ3n) is 2.76. The molecule has 0 aliphatic rings. The maximum atomic E-state index is 11.4. The summed E-state index contributed by atoms with van der Waals surface area (Å²) in [6.45, 7) is 2.01. The summed E-state index contributed by atoms with van der Waals surface area (Å²) in [5.74, 6) is 0.281. The molecule has 0 unspecified atom stereocenters. The van der Waals surface area contributed by atoms with Crippen LogP contribution in [0.5, 0.6) is 0 Å². The van der Waals surface area contributed by atoms with Crippen molar-refractivity contribution in [3.05, 3.63) is 46.5 Å². The highest BCUT2D eigenvalue weighted by atomic mass is 16.1. The van der Waals surface area contributed by atoms with Crippen LogP contribution in [0.4, 0.5) is 5.82 Å². The van der Waals surface area contributed by atoms with Crippen LogP contribution in [0.3, 0.4) is 0 Å². The second-order valence-electron chi connectivity index (χ2n) is 4.08. The number of aryl methyl sites for hydroxylation is 1. The van der Waals surface area contributed by atoms with Gasteiger partial charge in [-0.05, 0) is 19.1 Å². The van der Waals surface area contributed by atoms with Gasteiger partial charge in [0, 0.05) is 0 Å². The van der Waals surface area contributed by atoms with Crippen LogP contribution < -0.4 is 11.4 Å². The van der Waals surface area contributed by atoms with E-state index in [0.717, 1.165) is 11.3 Å². The van der Waals surface area contributed by atoms with Gasteiger partial charge in [-0.2, -0.15) is 10.1 Å². The number of hydrogen-bond donors (Lipinski definition) is 2. The summed E-state index contributed by atoms with van der Waals surface area (Å²) in [5.41, 5.74) is 7.70. The van der Waals surface area contributed by atoms with E-state index < -0.39 is 5.69 Å². The van der Waals surface area contributed by atoms with Gasteiger partial charge < -0.3 is 5.73 Å². The molecule has 90 valence electrons. The topological polar surface area (TPSA) is 89.6 Å².